The number of nitrogens with one attached hydrogen (secondary N) is 1. The lowest BCUT2D eigenvalue weighted by atomic mass is 9.88. The van der Waals surface area contributed by atoms with Crippen LogP contribution in [0.25, 0.3) is 0 Å². The van der Waals surface area contributed by atoms with Crippen LogP contribution >= 0.6 is 0 Å². The van der Waals surface area contributed by atoms with Crippen molar-refractivity contribution in [3.8, 4) is 5.75 Å². The van der Waals surface area contributed by atoms with Crippen molar-refractivity contribution in [1.82, 2.24) is 5.32 Å². The lowest BCUT2D eigenvalue weighted by Crippen LogP contribution is -2.41. The van der Waals surface area contributed by atoms with Gasteiger partial charge in [-0.25, -0.2) is 0 Å². The molecule has 0 aliphatic rings. The van der Waals surface area contributed by atoms with Gasteiger partial charge in [0.05, 0.1) is 18.8 Å². The summed E-state index contributed by atoms with van der Waals surface area (Å²) < 4.78 is 11.4. The molecule has 20 heavy (non-hydrogen) atoms. The maximum absolute atomic E-state index is 5.70. The normalized spacial score (nSPS) is 13.3. The van der Waals surface area contributed by atoms with Gasteiger partial charge >= 0.3 is 0 Å². The molecule has 0 aromatic heterocycles. The maximum atomic E-state index is 5.70. The highest BCUT2D eigenvalue weighted by atomic mass is 16.5. The Labute approximate surface area is 123 Å². The van der Waals surface area contributed by atoms with Crippen molar-refractivity contribution >= 4 is 0 Å². The molecule has 0 amide bonds. The van der Waals surface area contributed by atoms with Crippen molar-refractivity contribution in [3.05, 3.63) is 28.8 Å². The van der Waals surface area contributed by atoms with Crippen LogP contribution in [0, 0.1) is 13.8 Å². The van der Waals surface area contributed by atoms with E-state index >= 15 is 0 Å². The minimum absolute atomic E-state index is 0.0988. The van der Waals surface area contributed by atoms with Crippen LogP contribution in [-0.4, -0.2) is 26.4 Å². The monoisotopic (exact) mass is 279 g/mol. The van der Waals surface area contributed by atoms with Crippen LogP contribution in [-0.2, 0) is 4.74 Å². The second-order valence-electron chi connectivity index (χ2n) is 5.82. The van der Waals surface area contributed by atoms with Crippen LogP contribution < -0.4 is 10.1 Å². The van der Waals surface area contributed by atoms with Crippen molar-refractivity contribution < 1.29 is 9.47 Å². The molecular weight excluding hydrogens is 250 g/mol. The number of benzene rings is 1. The number of rotatable bonds is 7. The summed E-state index contributed by atoms with van der Waals surface area (Å²) in [7, 11) is 3.50. The smallest absolute Gasteiger partial charge is 0.126 e. The predicted octanol–water partition coefficient (Wildman–Crippen LogP) is 3.78. The zero-order chi connectivity index (χ0) is 15.3. The van der Waals surface area contributed by atoms with Crippen LogP contribution in [0.5, 0.6) is 5.75 Å². The van der Waals surface area contributed by atoms with Gasteiger partial charge in [-0.05, 0) is 51.8 Å². The van der Waals surface area contributed by atoms with E-state index in [0.717, 1.165) is 24.3 Å². The zero-order valence-corrected chi connectivity index (χ0v) is 14.0. The van der Waals surface area contributed by atoms with E-state index < -0.39 is 0 Å². The van der Waals surface area contributed by atoms with E-state index in [4.69, 9.17) is 9.47 Å². The largest absolute Gasteiger partial charge is 0.496 e. The Bertz CT molecular complexity index is 441. The van der Waals surface area contributed by atoms with E-state index in [9.17, 15) is 0 Å². The van der Waals surface area contributed by atoms with E-state index in [1.54, 1.807) is 14.2 Å². The molecule has 0 saturated carbocycles. The summed E-state index contributed by atoms with van der Waals surface area (Å²) in [5.74, 6) is 0.962. The number of hydrogen-bond acceptors (Lipinski definition) is 3. The third-order valence-corrected chi connectivity index (χ3v) is 4.04. The molecule has 0 fully saturated rings. The fourth-order valence-electron chi connectivity index (χ4n) is 2.45. The Morgan fingerprint density at radius 3 is 2.35 bits per heavy atom. The lowest BCUT2D eigenvalue weighted by molar-refractivity contribution is -0.0116. The fourth-order valence-corrected chi connectivity index (χ4v) is 2.45. The first-order valence-corrected chi connectivity index (χ1v) is 7.31. The Balaban J connectivity index is 3.30. The molecule has 0 spiro atoms. The number of methoxy groups -OCH3 is 2. The van der Waals surface area contributed by atoms with E-state index in [0.29, 0.717) is 0 Å². The first-order valence-electron chi connectivity index (χ1n) is 7.31. The van der Waals surface area contributed by atoms with Crippen LogP contribution in [0.1, 0.15) is 49.9 Å². The van der Waals surface area contributed by atoms with Gasteiger partial charge in [0.2, 0.25) is 0 Å². The van der Waals surface area contributed by atoms with Crippen molar-refractivity contribution in [1.29, 1.82) is 0 Å². The standard InChI is InChI=1S/C17H29NO2/c1-8-11-18-16(17(4,5)20-7)14-10-9-12(2)13(3)15(14)19-6/h9-10,16,18H,8,11H2,1-7H3. The Hall–Kier alpha value is -1.06. The molecule has 0 aliphatic heterocycles. The molecule has 114 valence electrons. The summed E-state index contributed by atoms with van der Waals surface area (Å²) in [5, 5.41) is 3.59. The van der Waals surface area contributed by atoms with Gasteiger partial charge in [0.1, 0.15) is 5.75 Å². The summed E-state index contributed by atoms with van der Waals surface area (Å²) in [6.45, 7) is 11.5. The first-order chi connectivity index (χ1) is 9.38. The lowest BCUT2D eigenvalue weighted by Gasteiger charge is -2.35. The number of ether oxygens (including phenoxy) is 2. The molecular formula is C17H29NO2. The highest BCUT2D eigenvalue weighted by Crippen LogP contribution is 2.37. The topological polar surface area (TPSA) is 30.5 Å². The average molecular weight is 279 g/mol. The van der Waals surface area contributed by atoms with E-state index in [-0.39, 0.29) is 11.6 Å². The molecule has 1 rings (SSSR count). The third kappa shape index (κ3) is 3.53. The Kier molecular flexibility index (Phi) is 6.03. The van der Waals surface area contributed by atoms with Gasteiger partial charge in [0, 0.05) is 12.7 Å². The highest BCUT2D eigenvalue weighted by Gasteiger charge is 2.32. The second-order valence-corrected chi connectivity index (χ2v) is 5.82. The molecule has 1 unspecified atom stereocenters. The molecule has 3 heteroatoms. The number of hydrogen-bond donors (Lipinski definition) is 1. The minimum atomic E-state index is -0.301. The molecule has 3 nitrogen and oxygen atoms in total. The van der Waals surface area contributed by atoms with Crippen molar-refractivity contribution in [2.75, 3.05) is 20.8 Å². The summed E-state index contributed by atoms with van der Waals surface area (Å²) in [4.78, 5) is 0. The zero-order valence-electron chi connectivity index (χ0n) is 14.0. The van der Waals surface area contributed by atoms with Crippen LogP contribution in [0.3, 0.4) is 0 Å². The predicted molar refractivity (Wildman–Crippen MR) is 84.6 cm³/mol. The van der Waals surface area contributed by atoms with E-state index in [1.807, 2.05) is 0 Å². The highest BCUT2D eigenvalue weighted by molar-refractivity contribution is 5.47. The van der Waals surface area contributed by atoms with Gasteiger partial charge in [-0.15, -0.1) is 0 Å². The van der Waals surface area contributed by atoms with E-state index in [1.165, 1.54) is 11.1 Å². The summed E-state index contributed by atoms with van der Waals surface area (Å²) in [6, 6.07) is 4.40. The summed E-state index contributed by atoms with van der Waals surface area (Å²) in [5.41, 5.74) is 3.30. The molecule has 0 bridgehead atoms. The maximum Gasteiger partial charge on any atom is 0.126 e. The van der Waals surface area contributed by atoms with Gasteiger partial charge in [0.25, 0.3) is 0 Å². The molecule has 0 radical (unpaired) electrons. The SMILES string of the molecule is CCCNC(c1ccc(C)c(C)c1OC)C(C)(C)OC. The quantitative estimate of drug-likeness (QED) is 0.824. The van der Waals surface area contributed by atoms with Gasteiger partial charge in [-0.1, -0.05) is 19.1 Å². The van der Waals surface area contributed by atoms with Gasteiger partial charge in [-0.3, -0.25) is 0 Å². The number of aryl methyl sites for hydroxylation is 1. The molecule has 1 atom stereocenters. The van der Waals surface area contributed by atoms with Crippen LogP contribution in [0.4, 0.5) is 0 Å². The molecule has 1 N–H and O–H groups in total. The van der Waals surface area contributed by atoms with Gasteiger partial charge < -0.3 is 14.8 Å². The van der Waals surface area contributed by atoms with Crippen LogP contribution in [0.15, 0.2) is 12.1 Å². The summed E-state index contributed by atoms with van der Waals surface area (Å²) >= 11 is 0. The Morgan fingerprint density at radius 2 is 1.85 bits per heavy atom. The molecule has 0 heterocycles. The van der Waals surface area contributed by atoms with Gasteiger partial charge in [-0.2, -0.15) is 0 Å². The van der Waals surface area contributed by atoms with E-state index in [2.05, 4.69) is 52.1 Å². The first kappa shape index (κ1) is 17.0. The van der Waals surface area contributed by atoms with Crippen molar-refractivity contribution in [3.63, 3.8) is 0 Å². The fraction of sp³-hybridized carbons (Fsp3) is 0.647. The molecule has 1 aromatic rings. The third-order valence-electron chi connectivity index (χ3n) is 4.04. The van der Waals surface area contributed by atoms with Crippen molar-refractivity contribution in [2.45, 2.75) is 52.7 Å². The molecule has 1 aromatic carbocycles. The second kappa shape index (κ2) is 7.09. The average Bonchev–Trinajstić information content (AvgIpc) is 2.43. The Morgan fingerprint density at radius 1 is 1.20 bits per heavy atom. The van der Waals surface area contributed by atoms with Crippen LogP contribution in [0.2, 0.25) is 0 Å². The minimum Gasteiger partial charge on any atom is -0.496 e. The van der Waals surface area contributed by atoms with Crippen molar-refractivity contribution in [2.24, 2.45) is 0 Å². The van der Waals surface area contributed by atoms with Gasteiger partial charge in [0.15, 0.2) is 0 Å². The summed E-state index contributed by atoms with van der Waals surface area (Å²) in [6.07, 6.45) is 1.09. The molecule has 0 saturated heterocycles. The molecule has 0 aliphatic carbocycles.